The highest BCUT2D eigenvalue weighted by molar-refractivity contribution is 5.80. The van der Waals surface area contributed by atoms with E-state index in [0.717, 1.165) is 49.1 Å². The van der Waals surface area contributed by atoms with Crippen LogP contribution in [0.2, 0.25) is 0 Å². The molecule has 2 heterocycles. The molecule has 5 rings (SSSR count). The lowest BCUT2D eigenvalue weighted by Crippen LogP contribution is -2.51. The van der Waals surface area contributed by atoms with Crippen molar-refractivity contribution >= 4 is 16.9 Å². The van der Waals surface area contributed by atoms with Gasteiger partial charge in [-0.2, -0.15) is 0 Å². The number of hydrogen-bond donors (Lipinski definition) is 0. The number of amides is 1. The van der Waals surface area contributed by atoms with Crippen LogP contribution in [-0.4, -0.2) is 33.9 Å². The largest absolute Gasteiger partial charge is 0.341 e. The van der Waals surface area contributed by atoms with Crippen molar-refractivity contribution in [2.45, 2.75) is 25.2 Å². The molecule has 1 amide bonds. The van der Waals surface area contributed by atoms with Crippen molar-refractivity contribution in [2.24, 2.45) is 5.92 Å². The fraction of sp³-hybridized carbons (Fsp3) is 0.318. The van der Waals surface area contributed by atoms with E-state index in [0.29, 0.717) is 11.8 Å². The zero-order valence-corrected chi connectivity index (χ0v) is 14.6. The average molecular weight is 343 g/mol. The van der Waals surface area contributed by atoms with Crippen LogP contribution in [0.3, 0.4) is 0 Å². The van der Waals surface area contributed by atoms with Crippen molar-refractivity contribution < 1.29 is 4.79 Å². The first-order valence-corrected chi connectivity index (χ1v) is 9.35. The zero-order valence-electron chi connectivity index (χ0n) is 14.6. The number of para-hydroxylation sites is 2. The van der Waals surface area contributed by atoms with E-state index in [1.54, 1.807) is 0 Å². The van der Waals surface area contributed by atoms with Crippen LogP contribution in [0.5, 0.6) is 0 Å². The third-order valence-electron chi connectivity index (χ3n) is 5.77. The number of aromatic nitrogens is 2. The number of likely N-dealkylation sites (tertiary alicyclic amines) is 1. The molecule has 0 N–H and O–H groups in total. The van der Waals surface area contributed by atoms with Crippen molar-refractivity contribution in [3.63, 3.8) is 0 Å². The topological polar surface area (TPSA) is 46.1 Å². The Bertz CT molecular complexity index is 978. The molecular formula is C22H21N3O. The van der Waals surface area contributed by atoms with E-state index >= 15 is 0 Å². The zero-order chi connectivity index (χ0) is 17.5. The Morgan fingerprint density at radius 2 is 1.69 bits per heavy atom. The van der Waals surface area contributed by atoms with Crippen molar-refractivity contribution in [1.29, 1.82) is 0 Å². The molecule has 0 spiro atoms. The number of rotatable bonds is 2. The molecule has 4 heteroatoms. The van der Waals surface area contributed by atoms with Gasteiger partial charge in [-0.3, -0.25) is 9.78 Å². The van der Waals surface area contributed by atoms with E-state index in [2.05, 4.69) is 29.2 Å². The van der Waals surface area contributed by atoms with Gasteiger partial charge in [0.1, 0.15) is 0 Å². The summed E-state index contributed by atoms with van der Waals surface area (Å²) in [6, 6.07) is 16.4. The van der Waals surface area contributed by atoms with E-state index < -0.39 is 0 Å². The predicted octanol–water partition coefficient (Wildman–Crippen LogP) is 3.36. The lowest BCUT2D eigenvalue weighted by Gasteiger charge is -2.41. The highest BCUT2D eigenvalue weighted by atomic mass is 16.2. The van der Waals surface area contributed by atoms with Crippen molar-refractivity contribution in [2.75, 3.05) is 13.1 Å². The van der Waals surface area contributed by atoms with Gasteiger partial charge in [-0.1, -0.05) is 36.4 Å². The van der Waals surface area contributed by atoms with Gasteiger partial charge in [0.05, 0.1) is 16.7 Å². The maximum atomic E-state index is 12.9. The fourth-order valence-electron chi connectivity index (χ4n) is 4.18. The molecular weight excluding hydrogens is 322 g/mol. The van der Waals surface area contributed by atoms with Crippen LogP contribution < -0.4 is 0 Å². The van der Waals surface area contributed by atoms with Crippen LogP contribution in [0, 0.1) is 5.92 Å². The van der Waals surface area contributed by atoms with Crippen molar-refractivity contribution in [3.05, 3.63) is 71.5 Å². The lowest BCUT2D eigenvalue weighted by atomic mass is 9.82. The molecule has 3 aromatic rings. The Kier molecular flexibility index (Phi) is 3.70. The lowest BCUT2D eigenvalue weighted by molar-refractivity contribution is -0.140. The van der Waals surface area contributed by atoms with Crippen LogP contribution in [0.15, 0.2) is 54.7 Å². The average Bonchev–Trinajstić information content (AvgIpc) is 2.66. The summed E-state index contributed by atoms with van der Waals surface area (Å²) < 4.78 is 0. The molecule has 1 unspecified atom stereocenters. The summed E-state index contributed by atoms with van der Waals surface area (Å²) in [5.41, 5.74) is 5.60. The third-order valence-corrected chi connectivity index (χ3v) is 5.77. The molecule has 1 aliphatic carbocycles. The summed E-state index contributed by atoms with van der Waals surface area (Å²) in [6.45, 7) is 1.54. The van der Waals surface area contributed by atoms with Gasteiger partial charge in [0.15, 0.2) is 0 Å². The van der Waals surface area contributed by atoms with E-state index in [9.17, 15) is 4.79 Å². The Balaban J connectivity index is 1.25. The minimum absolute atomic E-state index is 0.133. The monoisotopic (exact) mass is 343 g/mol. The molecule has 1 fully saturated rings. The number of nitrogens with zero attached hydrogens (tertiary/aromatic N) is 3. The SMILES string of the molecule is O=C(C1CCc2ccccc2C1)N1CC(c2cnc3ccccc3n2)C1. The molecule has 0 saturated carbocycles. The highest BCUT2D eigenvalue weighted by Gasteiger charge is 2.37. The molecule has 2 aromatic carbocycles. The number of carbonyl (C=O) groups is 1. The van der Waals surface area contributed by atoms with Gasteiger partial charge in [0, 0.05) is 31.1 Å². The summed E-state index contributed by atoms with van der Waals surface area (Å²) in [6.07, 6.45) is 4.73. The molecule has 0 radical (unpaired) electrons. The molecule has 1 atom stereocenters. The smallest absolute Gasteiger partial charge is 0.226 e. The second kappa shape index (κ2) is 6.20. The van der Waals surface area contributed by atoms with Gasteiger partial charge < -0.3 is 4.90 Å². The minimum Gasteiger partial charge on any atom is -0.341 e. The number of benzene rings is 2. The Morgan fingerprint density at radius 1 is 0.962 bits per heavy atom. The summed E-state index contributed by atoms with van der Waals surface area (Å²) in [5, 5.41) is 0. The first kappa shape index (κ1) is 15.5. The Hall–Kier alpha value is -2.75. The minimum atomic E-state index is 0.133. The molecule has 0 bridgehead atoms. The number of fused-ring (bicyclic) bond motifs is 2. The molecule has 1 aliphatic heterocycles. The highest BCUT2D eigenvalue weighted by Crippen LogP contribution is 2.32. The predicted molar refractivity (Wildman–Crippen MR) is 101 cm³/mol. The summed E-state index contributed by atoms with van der Waals surface area (Å²) >= 11 is 0. The van der Waals surface area contributed by atoms with Crippen LogP contribution in [0.4, 0.5) is 0 Å². The number of carbonyl (C=O) groups excluding carboxylic acids is 1. The van der Waals surface area contributed by atoms with Crippen LogP contribution >= 0.6 is 0 Å². The normalized spacial score (nSPS) is 19.8. The van der Waals surface area contributed by atoms with E-state index in [1.165, 1.54) is 11.1 Å². The molecule has 130 valence electrons. The van der Waals surface area contributed by atoms with Crippen LogP contribution in [0.25, 0.3) is 11.0 Å². The molecule has 2 aliphatic rings. The van der Waals surface area contributed by atoms with Gasteiger partial charge in [0.2, 0.25) is 5.91 Å². The van der Waals surface area contributed by atoms with Gasteiger partial charge in [-0.25, -0.2) is 4.98 Å². The van der Waals surface area contributed by atoms with E-state index in [-0.39, 0.29) is 5.92 Å². The quantitative estimate of drug-likeness (QED) is 0.717. The molecule has 1 aromatic heterocycles. The summed E-state index contributed by atoms with van der Waals surface area (Å²) in [5.74, 6) is 0.755. The second-order valence-electron chi connectivity index (χ2n) is 7.43. The number of aryl methyl sites for hydroxylation is 1. The summed E-state index contributed by atoms with van der Waals surface area (Å²) in [4.78, 5) is 24.1. The van der Waals surface area contributed by atoms with Gasteiger partial charge in [-0.15, -0.1) is 0 Å². The van der Waals surface area contributed by atoms with Crippen LogP contribution in [-0.2, 0) is 17.6 Å². The first-order chi connectivity index (χ1) is 12.8. The maximum Gasteiger partial charge on any atom is 0.226 e. The van der Waals surface area contributed by atoms with E-state index in [1.807, 2.05) is 35.4 Å². The Morgan fingerprint density at radius 3 is 2.54 bits per heavy atom. The third kappa shape index (κ3) is 2.66. The molecule has 4 nitrogen and oxygen atoms in total. The number of hydrogen-bond acceptors (Lipinski definition) is 3. The van der Waals surface area contributed by atoms with Gasteiger partial charge in [-0.05, 0) is 42.5 Å². The maximum absolute atomic E-state index is 12.9. The second-order valence-corrected chi connectivity index (χ2v) is 7.43. The van der Waals surface area contributed by atoms with Gasteiger partial charge >= 0.3 is 0 Å². The van der Waals surface area contributed by atoms with E-state index in [4.69, 9.17) is 4.98 Å². The van der Waals surface area contributed by atoms with Crippen molar-refractivity contribution in [3.8, 4) is 0 Å². The Labute approximate surface area is 152 Å². The van der Waals surface area contributed by atoms with Crippen molar-refractivity contribution in [1.82, 2.24) is 14.9 Å². The summed E-state index contributed by atoms with van der Waals surface area (Å²) in [7, 11) is 0. The fourth-order valence-corrected chi connectivity index (χ4v) is 4.18. The molecule has 26 heavy (non-hydrogen) atoms. The van der Waals surface area contributed by atoms with Gasteiger partial charge in [0.25, 0.3) is 0 Å². The molecule has 1 saturated heterocycles. The standard InChI is InChI=1S/C22H21N3O/c26-22(17-10-9-15-5-1-2-6-16(15)11-17)25-13-18(14-25)21-12-23-19-7-3-4-8-20(19)24-21/h1-8,12,17-18H,9-11,13-14H2. The van der Waals surface area contributed by atoms with Crippen LogP contribution in [0.1, 0.15) is 29.2 Å². The first-order valence-electron chi connectivity index (χ1n) is 9.35.